The van der Waals surface area contributed by atoms with E-state index >= 15 is 0 Å². The van der Waals surface area contributed by atoms with Crippen molar-refractivity contribution in [3.63, 3.8) is 0 Å². The van der Waals surface area contributed by atoms with Gasteiger partial charge in [-0.2, -0.15) is 0 Å². The summed E-state index contributed by atoms with van der Waals surface area (Å²) in [7, 11) is 0. The van der Waals surface area contributed by atoms with Crippen LogP contribution in [0.1, 0.15) is 126 Å². The lowest BCUT2D eigenvalue weighted by Crippen LogP contribution is -2.84. The number of aliphatic hydroxyl groups is 1. The number of benzene rings is 1. The maximum atomic E-state index is 11.0. The molecule has 11 unspecified atom stereocenters. The van der Waals surface area contributed by atoms with Gasteiger partial charge >= 0.3 is 0 Å². The highest BCUT2D eigenvalue weighted by Crippen LogP contribution is 2.71. The summed E-state index contributed by atoms with van der Waals surface area (Å²) in [5.74, 6) is 10.7. The van der Waals surface area contributed by atoms with E-state index in [1.807, 2.05) is 12.1 Å². The van der Waals surface area contributed by atoms with Crippen molar-refractivity contribution in [3.8, 4) is 17.6 Å². The number of hydrogen-bond acceptors (Lipinski definition) is 4. The van der Waals surface area contributed by atoms with Crippen molar-refractivity contribution in [3.05, 3.63) is 41.5 Å². The molecule has 2 saturated heterocycles. The molecule has 236 valence electrons. The normalized spacial score (nSPS) is 48.2. The molecule has 4 heteroatoms. The minimum absolute atomic E-state index is 0.0514. The van der Waals surface area contributed by atoms with Gasteiger partial charge in [0.25, 0.3) is 0 Å². The fourth-order valence-electron chi connectivity index (χ4n) is 13.8. The number of allylic oxidation sites excluding steroid dienone is 2. The van der Waals surface area contributed by atoms with Gasteiger partial charge in [0, 0.05) is 29.9 Å². The highest BCUT2D eigenvalue weighted by molar-refractivity contribution is 5.50. The van der Waals surface area contributed by atoms with E-state index in [1.54, 1.807) is 0 Å². The van der Waals surface area contributed by atoms with Gasteiger partial charge in [0.05, 0.1) is 23.0 Å². The lowest BCUT2D eigenvalue weighted by molar-refractivity contribution is -0.361. The van der Waals surface area contributed by atoms with Crippen molar-refractivity contribution in [1.82, 2.24) is 0 Å². The zero-order valence-electron chi connectivity index (χ0n) is 26.8. The highest BCUT2D eigenvalue weighted by atomic mass is 16.5. The molecule has 4 nitrogen and oxygen atoms in total. The van der Waals surface area contributed by atoms with Gasteiger partial charge < -0.3 is 20.7 Å². The van der Waals surface area contributed by atoms with Crippen LogP contribution in [0.3, 0.4) is 0 Å². The third-order valence-corrected chi connectivity index (χ3v) is 15.3. The van der Waals surface area contributed by atoms with Crippen LogP contribution in [0.25, 0.3) is 0 Å². The molecule has 44 heavy (non-hydrogen) atoms. The second-order valence-electron chi connectivity index (χ2n) is 17.2. The van der Waals surface area contributed by atoms with Gasteiger partial charge in [-0.1, -0.05) is 62.2 Å². The van der Waals surface area contributed by atoms with Gasteiger partial charge in [-0.25, -0.2) is 0 Å². The van der Waals surface area contributed by atoms with Crippen molar-refractivity contribution in [2.75, 3.05) is 6.61 Å². The van der Waals surface area contributed by atoms with Crippen LogP contribution in [0.2, 0.25) is 0 Å². The maximum Gasteiger partial charge on any atom is 0.115 e. The van der Waals surface area contributed by atoms with Crippen LogP contribution in [0.5, 0.6) is 5.75 Å². The molecule has 1 aromatic rings. The van der Waals surface area contributed by atoms with Gasteiger partial charge in [0.15, 0.2) is 0 Å². The van der Waals surface area contributed by atoms with Crippen molar-refractivity contribution in [2.24, 2.45) is 52.6 Å². The van der Waals surface area contributed by atoms with Crippen LogP contribution < -0.4 is 5.73 Å². The number of aromatic hydroxyl groups is 1. The summed E-state index contributed by atoms with van der Waals surface area (Å²) in [6, 6.07) is 6.08. The van der Waals surface area contributed by atoms with E-state index in [4.69, 9.17) is 10.5 Å². The fourth-order valence-corrected chi connectivity index (χ4v) is 13.8. The van der Waals surface area contributed by atoms with Crippen molar-refractivity contribution >= 4 is 0 Å². The number of aliphatic hydroxyl groups excluding tert-OH is 1. The monoisotopic (exact) mass is 595 g/mol. The minimum atomic E-state index is -0.555. The first-order chi connectivity index (χ1) is 21.3. The molecule has 2 spiro atoms. The zero-order valence-corrected chi connectivity index (χ0v) is 26.8. The Labute approximate surface area is 264 Å². The standard InChI is InChI=1S/C40H53NO3/c1-37(28-7-3-2-4-8-28)36-26-9-12-29(24-42)40(36,41)35-16-11-25-10-14-32(33-15-13-31(43)20-34(25)33)27-19-30(39(35,22-26)44-37)23-38(21-27)17-5-6-18-38/h10,13-15,20,25-30,32,35-36,42-43H,2-9,12,17-19,21-24,41H2,1H3. The number of nitrogens with two attached hydrogens (primary N) is 1. The molecule has 9 aliphatic rings. The van der Waals surface area contributed by atoms with Crippen LogP contribution in [0.4, 0.5) is 0 Å². The van der Waals surface area contributed by atoms with E-state index in [1.165, 1.54) is 88.2 Å². The molecule has 7 fully saturated rings. The number of rotatable bonds is 2. The predicted molar refractivity (Wildman–Crippen MR) is 173 cm³/mol. The smallest absolute Gasteiger partial charge is 0.115 e. The second kappa shape index (κ2) is 9.85. The van der Waals surface area contributed by atoms with Crippen molar-refractivity contribution < 1.29 is 14.9 Å². The summed E-state index contributed by atoms with van der Waals surface area (Å²) in [5.41, 5.74) is 9.80. The van der Waals surface area contributed by atoms with E-state index in [0.29, 0.717) is 40.8 Å². The third kappa shape index (κ3) is 3.76. The van der Waals surface area contributed by atoms with Crippen LogP contribution in [0, 0.1) is 58.7 Å². The molecule has 8 bridgehead atoms. The number of phenolic OH excluding ortho intramolecular Hbond substituents is 1. The summed E-state index contributed by atoms with van der Waals surface area (Å²) >= 11 is 0. The molecule has 0 radical (unpaired) electrons. The Hall–Kier alpha value is -1.80. The Morgan fingerprint density at radius 3 is 2.50 bits per heavy atom. The molecule has 10 rings (SSSR count). The number of fused-ring (bicyclic) bond motifs is 9. The largest absolute Gasteiger partial charge is 0.508 e. The topological polar surface area (TPSA) is 75.7 Å². The Balaban J connectivity index is 1.28. The van der Waals surface area contributed by atoms with Crippen LogP contribution >= 0.6 is 0 Å². The Kier molecular flexibility index (Phi) is 6.37. The fraction of sp³-hybridized carbons (Fsp3) is 0.750. The van der Waals surface area contributed by atoms with Crippen LogP contribution in [0.15, 0.2) is 30.4 Å². The Morgan fingerprint density at radius 1 is 0.886 bits per heavy atom. The lowest BCUT2D eigenvalue weighted by Gasteiger charge is -2.75. The molecule has 0 aromatic heterocycles. The molecular formula is C40H53NO3. The van der Waals surface area contributed by atoms with Crippen molar-refractivity contribution in [2.45, 2.75) is 132 Å². The van der Waals surface area contributed by atoms with E-state index in [-0.39, 0.29) is 41.5 Å². The van der Waals surface area contributed by atoms with Gasteiger partial charge in [-0.15, -0.1) is 0 Å². The molecule has 5 saturated carbocycles. The summed E-state index contributed by atoms with van der Waals surface area (Å²) in [6.07, 6.45) is 23.6. The molecule has 0 amide bonds. The molecular weight excluding hydrogens is 542 g/mol. The van der Waals surface area contributed by atoms with Gasteiger partial charge in [0.1, 0.15) is 5.75 Å². The molecule has 2 aliphatic heterocycles. The Morgan fingerprint density at radius 2 is 1.70 bits per heavy atom. The summed E-state index contributed by atoms with van der Waals surface area (Å²) in [4.78, 5) is 0. The minimum Gasteiger partial charge on any atom is -0.508 e. The predicted octanol–water partition coefficient (Wildman–Crippen LogP) is 7.58. The van der Waals surface area contributed by atoms with Crippen molar-refractivity contribution in [1.29, 1.82) is 0 Å². The quantitative estimate of drug-likeness (QED) is 0.243. The summed E-state index contributed by atoms with van der Waals surface area (Å²) < 4.78 is 8.02. The van der Waals surface area contributed by atoms with E-state index in [2.05, 4.69) is 37.0 Å². The van der Waals surface area contributed by atoms with Crippen LogP contribution in [-0.4, -0.2) is 33.6 Å². The summed E-state index contributed by atoms with van der Waals surface area (Å²) in [6.45, 7) is 2.63. The molecule has 4 N–H and O–H groups in total. The van der Waals surface area contributed by atoms with Crippen LogP contribution in [-0.2, 0) is 4.74 Å². The molecule has 1 aromatic carbocycles. The first-order valence-electron chi connectivity index (χ1n) is 18.4. The number of ether oxygens (including phenoxy) is 1. The third-order valence-electron chi connectivity index (χ3n) is 15.3. The van der Waals surface area contributed by atoms with Gasteiger partial charge in [0.2, 0.25) is 0 Å². The molecule has 2 heterocycles. The SMILES string of the molecule is CC1(C2CCCCC2)OC23CC4CCC(CO)C(N)(C41)C2C#CC1C=CC(c2ccc(O)cc21)C1CC3CC2(CCCC2)C1. The van der Waals surface area contributed by atoms with Gasteiger partial charge in [-0.05, 0) is 123 Å². The van der Waals surface area contributed by atoms with E-state index < -0.39 is 5.54 Å². The highest BCUT2D eigenvalue weighted by Gasteiger charge is 2.76. The number of phenols is 1. The zero-order chi connectivity index (χ0) is 29.9. The maximum absolute atomic E-state index is 11.0. The first-order valence-corrected chi connectivity index (χ1v) is 18.4. The first kappa shape index (κ1) is 28.4. The lowest BCUT2D eigenvalue weighted by atomic mass is 9.38. The molecule has 7 aliphatic carbocycles. The van der Waals surface area contributed by atoms with E-state index in [0.717, 1.165) is 19.3 Å². The Bertz CT molecular complexity index is 1410. The van der Waals surface area contributed by atoms with Gasteiger partial charge in [-0.3, -0.25) is 0 Å². The number of hydrogen-bond donors (Lipinski definition) is 3. The summed E-state index contributed by atoms with van der Waals surface area (Å²) in [5, 5.41) is 21.7. The average molecular weight is 596 g/mol. The molecule has 11 atom stereocenters. The van der Waals surface area contributed by atoms with E-state index in [9.17, 15) is 10.2 Å². The average Bonchev–Trinajstić information content (AvgIpc) is 3.46. The second-order valence-corrected chi connectivity index (χ2v) is 17.2.